The number of carbonyl (C=O) groups excluding carboxylic acids is 1. The Morgan fingerprint density at radius 1 is 0.963 bits per heavy atom. The molecule has 1 heterocycles. The van der Waals surface area contributed by atoms with Crippen molar-refractivity contribution in [2.75, 3.05) is 31.1 Å². The number of rotatable bonds is 5. The maximum absolute atomic E-state index is 13.9. The van der Waals surface area contributed by atoms with Gasteiger partial charge in [0.25, 0.3) is 0 Å². The van der Waals surface area contributed by atoms with Crippen molar-refractivity contribution < 1.29 is 13.6 Å². The summed E-state index contributed by atoms with van der Waals surface area (Å²) in [6.07, 6.45) is 0. The van der Waals surface area contributed by atoms with Gasteiger partial charge in [0.2, 0.25) is 5.91 Å². The lowest BCUT2D eigenvalue weighted by atomic mass is 10.1. The van der Waals surface area contributed by atoms with E-state index >= 15 is 0 Å². The summed E-state index contributed by atoms with van der Waals surface area (Å²) >= 11 is 0. The van der Waals surface area contributed by atoms with Gasteiger partial charge in [-0.05, 0) is 43.7 Å². The minimum Gasteiger partial charge on any atom is -0.367 e. The van der Waals surface area contributed by atoms with Crippen LogP contribution >= 0.6 is 0 Å². The van der Waals surface area contributed by atoms with Crippen LogP contribution in [0, 0.1) is 11.6 Å². The quantitative estimate of drug-likeness (QED) is 0.873. The van der Waals surface area contributed by atoms with Crippen LogP contribution in [0.4, 0.5) is 14.5 Å². The first-order chi connectivity index (χ1) is 13.0. The van der Waals surface area contributed by atoms with Crippen LogP contribution in [0.15, 0.2) is 48.5 Å². The van der Waals surface area contributed by atoms with Gasteiger partial charge in [0.15, 0.2) is 0 Å². The molecular weight excluding hydrogens is 348 g/mol. The van der Waals surface area contributed by atoms with Crippen molar-refractivity contribution in [1.29, 1.82) is 0 Å². The minimum atomic E-state index is -0.293. The molecule has 144 valence electrons. The van der Waals surface area contributed by atoms with Crippen molar-refractivity contribution in [1.82, 2.24) is 10.2 Å². The zero-order valence-corrected chi connectivity index (χ0v) is 15.7. The van der Waals surface area contributed by atoms with Crippen LogP contribution in [0.25, 0.3) is 0 Å². The number of anilines is 1. The van der Waals surface area contributed by atoms with Gasteiger partial charge in [-0.2, -0.15) is 0 Å². The number of benzene rings is 2. The number of para-hydroxylation sites is 1. The fraction of sp³-hybridized carbons (Fsp3) is 0.381. The summed E-state index contributed by atoms with van der Waals surface area (Å²) in [5, 5.41) is 2.99. The molecular formula is C21H25F2N3O. The summed E-state index contributed by atoms with van der Waals surface area (Å²) < 4.78 is 27.0. The van der Waals surface area contributed by atoms with E-state index in [1.807, 2.05) is 24.8 Å². The Morgan fingerprint density at radius 2 is 1.59 bits per heavy atom. The molecule has 1 N–H and O–H groups in total. The zero-order chi connectivity index (χ0) is 19.4. The van der Waals surface area contributed by atoms with Crippen LogP contribution in [-0.2, 0) is 4.79 Å². The molecule has 1 fully saturated rings. The SMILES string of the molecule is CC(NC(=O)C(C)N1CCN(c2ccccc2F)CC1)c1ccc(F)cc1. The molecule has 0 radical (unpaired) electrons. The Bertz CT molecular complexity index is 773. The normalized spacial score (nSPS) is 17.4. The lowest BCUT2D eigenvalue weighted by Gasteiger charge is -2.38. The molecule has 0 bridgehead atoms. The van der Waals surface area contributed by atoms with Crippen LogP contribution in [0.2, 0.25) is 0 Å². The molecule has 6 heteroatoms. The van der Waals surface area contributed by atoms with Crippen LogP contribution in [0.1, 0.15) is 25.5 Å². The second kappa shape index (κ2) is 8.48. The number of halogens is 2. The van der Waals surface area contributed by atoms with Gasteiger partial charge < -0.3 is 10.2 Å². The standard InChI is InChI=1S/C21H25F2N3O/c1-15(17-7-9-18(22)10-8-17)24-21(27)16(2)25-11-13-26(14-12-25)20-6-4-3-5-19(20)23/h3-10,15-16H,11-14H2,1-2H3,(H,24,27). The van der Waals surface area contributed by atoms with E-state index in [4.69, 9.17) is 0 Å². The fourth-order valence-electron chi connectivity index (χ4n) is 3.39. The van der Waals surface area contributed by atoms with Crippen molar-refractivity contribution >= 4 is 11.6 Å². The van der Waals surface area contributed by atoms with E-state index < -0.39 is 0 Å². The van der Waals surface area contributed by atoms with Crippen LogP contribution < -0.4 is 10.2 Å². The molecule has 3 rings (SSSR count). The van der Waals surface area contributed by atoms with Crippen molar-refractivity contribution in [2.45, 2.75) is 25.9 Å². The van der Waals surface area contributed by atoms with Gasteiger partial charge in [-0.15, -0.1) is 0 Å². The van der Waals surface area contributed by atoms with Crippen LogP contribution in [-0.4, -0.2) is 43.0 Å². The molecule has 0 saturated carbocycles. The number of hydrogen-bond donors (Lipinski definition) is 1. The highest BCUT2D eigenvalue weighted by molar-refractivity contribution is 5.81. The number of piperazine rings is 1. The Kier molecular flexibility index (Phi) is 6.06. The molecule has 4 nitrogen and oxygen atoms in total. The Labute approximate surface area is 158 Å². The predicted octanol–water partition coefficient (Wildman–Crippen LogP) is 3.35. The van der Waals surface area contributed by atoms with E-state index in [0.717, 1.165) is 5.56 Å². The predicted molar refractivity (Wildman–Crippen MR) is 103 cm³/mol. The van der Waals surface area contributed by atoms with Crippen molar-refractivity contribution in [3.8, 4) is 0 Å². The Morgan fingerprint density at radius 3 is 2.22 bits per heavy atom. The molecule has 0 aromatic heterocycles. The van der Waals surface area contributed by atoms with E-state index in [2.05, 4.69) is 10.2 Å². The van der Waals surface area contributed by atoms with E-state index in [9.17, 15) is 13.6 Å². The van der Waals surface area contributed by atoms with E-state index in [1.165, 1.54) is 18.2 Å². The zero-order valence-electron chi connectivity index (χ0n) is 15.7. The monoisotopic (exact) mass is 373 g/mol. The second-order valence-electron chi connectivity index (χ2n) is 6.93. The van der Waals surface area contributed by atoms with E-state index in [1.54, 1.807) is 24.3 Å². The average Bonchev–Trinajstić information content (AvgIpc) is 2.68. The fourth-order valence-corrected chi connectivity index (χ4v) is 3.39. The highest BCUT2D eigenvalue weighted by Crippen LogP contribution is 2.21. The first kappa shape index (κ1) is 19.3. The second-order valence-corrected chi connectivity index (χ2v) is 6.93. The lowest BCUT2D eigenvalue weighted by molar-refractivity contribution is -0.126. The van der Waals surface area contributed by atoms with Gasteiger partial charge >= 0.3 is 0 Å². The third kappa shape index (κ3) is 4.63. The lowest BCUT2D eigenvalue weighted by Crippen LogP contribution is -2.54. The van der Waals surface area contributed by atoms with Crippen LogP contribution in [0.3, 0.4) is 0 Å². The third-order valence-electron chi connectivity index (χ3n) is 5.16. The number of hydrogen-bond acceptors (Lipinski definition) is 3. The van der Waals surface area contributed by atoms with Crippen molar-refractivity contribution in [3.63, 3.8) is 0 Å². The van der Waals surface area contributed by atoms with Crippen molar-refractivity contribution in [2.24, 2.45) is 0 Å². The molecule has 0 spiro atoms. The number of amides is 1. The van der Waals surface area contributed by atoms with Gasteiger partial charge in [0.05, 0.1) is 17.8 Å². The van der Waals surface area contributed by atoms with E-state index in [-0.39, 0.29) is 29.6 Å². The van der Waals surface area contributed by atoms with Gasteiger partial charge in [-0.1, -0.05) is 24.3 Å². The molecule has 27 heavy (non-hydrogen) atoms. The number of nitrogens with zero attached hydrogens (tertiary/aromatic N) is 2. The van der Waals surface area contributed by atoms with E-state index in [0.29, 0.717) is 31.9 Å². The first-order valence-corrected chi connectivity index (χ1v) is 9.25. The highest BCUT2D eigenvalue weighted by Gasteiger charge is 2.27. The Balaban J connectivity index is 1.54. The first-order valence-electron chi connectivity index (χ1n) is 9.25. The molecule has 2 unspecified atom stereocenters. The number of carbonyl (C=O) groups is 1. The average molecular weight is 373 g/mol. The maximum Gasteiger partial charge on any atom is 0.237 e. The van der Waals surface area contributed by atoms with Gasteiger partial charge in [0.1, 0.15) is 11.6 Å². The maximum atomic E-state index is 13.9. The summed E-state index contributed by atoms with van der Waals surface area (Å²) in [6.45, 7) is 6.49. The molecule has 2 aromatic rings. The molecule has 2 atom stereocenters. The highest BCUT2D eigenvalue weighted by atomic mass is 19.1. The third-order valence-corrected chi connectivity index (χ3v) is 5.16. The van der Waals surface area contributed by atoms with Crippen LogP contribution in [0.5, 0.6) is 0 Å². The summed E-state index contributed by atoms with van der Waals surface area (Å²) in [5.41, 5.74) is 1.47. The van der Waals surface area contributed by atoms with Gasteiger partial charge in [-0.3, -0.25) is 9.69 Å². The number of nitrogens with one attached hydrogen (secondary N) is 1. The topological polar surface area (TPSA) is 35.6 Å². The summed E-state index contributed by atoms with van der Waals surface area (Å²) in [6, 6.07) is 12.4. The van der Waals surface area contributed by atoms with Gasteiger partial charge in [0, 0.05) is 26.2 Å². The molecule has 0 aliphatic carbocycles. The molecule has 1 amide bonds. The minimum absolute atomic E-state index is 0.0637. The van der Waals surface area contributed by atoms with Crippen molar-refractivity contribution in [3.05, 3.63) is 65.7 Å². The summed E-state index contributed by atoms with van der Waals surface area (Å²) in [7, 11) is 0. The molecule has 1 aliphatic heterocycles. The molecule has 2 aromatic carbocycles. The Hall–Kier alpha value is -2.47. The molecule has 1 aliphatic rings. The largest absolute Gasteiger partial charge is 0.367 e. The summed E-state index contributed by atoms with van der Waals surface area (Å²) in [5.74, 6) is -0.575. The summed E-state index contributed by atoms with van der Waals surface area (Å²) in [4.78, 5) is 16.7. The molecule has 1 saturated heterocycles. The van der Waals surface area contributed by atoms with Gasteiger partial charge in [-0.25, -0.2) is 8.78 Å². The smallest absolute Gasteiger partial charge is 0.237 e.